The number of ether oxygens (including phenoxy) is 3. The molecule has 0 spiro atoms. The smallest absolute Gasteiger partial charge is 0.226 e. The molecule has 3 unspecified atom stereocenters. The number of fused-ring (bicyclic) bond motifs is 3. The molecule has 0 radical (unpaired) electrons. The minimum atomic E-state index is -0.395. The highest BCUT2D eigenvalue weighted by Crippen LogP contribution is 2.45. The normalized spacial score (nSPS) is 15.9. The fourth-order valence-electron chi connectivity index (χ4n) is 11.0. The molecular weight excluding hydrogens is 1040 g/mol. The van der Waals surface area contributed by atoms with Gasteiger partial charge in [0.15, 0.2) is 11.5 Å². The van der Waals surface area contributed by atoms with Gasteiger partial charge >= 0.3 is 0 Å². The van der Waals surface area contributed by atoms with Gasteiger partial charge in [0.2, 0.25) is 17.6 Å². The van der Waals surface area contributed by atoms with E-state index < -0.39 is 5.82 Å². The van der Waals surface area contributed by atoms with Crippen molar-refractivity contribution < 1.29 is 43.2 Å². The molecule has 1 aliphatic carbocycles. The molecular formula is C65H67FN8O8. The van der Waals surface area contributed by atoms with E-state index in [4.69, 9.17) is 14.2 Å². The number of aromatic nitrogens is 6. The Balaban J connectivity index is 0.000000147. The number of nitrogens with one attached hydrogen (secondary N) is 2. The molecule has 12 rings (SSSR count). The number of benzene rings is 6. The van der Waals surface area contributed by atoms with Crippen LogP contribution in [0.1, 0.15) is 120 Å². The molecule has 2 aliphatic heterocycles. The first-order chi connectivity index (χ1) is 39.2. The number of halogens is 1. The van der Waals surface area contributed by atoms with Crippen LogP contribution in [0.5, 0.6) is 28.7 Å². The van der Waals surface area contributed by atoms with Crippen molar-refractivity contribution in [2.45, 2.75) is 91.4 Å². The number of nitrogens with zero attached hydrogens (tertiary/aromatic N) is 6. The van der Waals surface area contributed by atoms with Crippen LogP contribution < -0.4 is 24.8 Å². The minimum absolute atomic E-state index is 0. The predicted octanol–water partition coefficient (Wildman–Crippen LogP) is 12.2. The molecule has 0 saturated carbocycles. The van der Waals surface area contributed by atoms with Gasteiger partial charge in [-0.1, -0.05) is 81.9 Å². The zero-order valence-corrected chi connectivity index (χ0v) is 46.2. The molecule has 0 saturated heterocycles. The lowest BCUT2D eigenvalue weighted by molar-refractivity contribution is -0.119. The number of aromatic hydroxyl groups is 2. The standard InChI is InChI=1S/C23H24N2O2.C21H21N3O2.C20H18FN3O4.CH4/c1-4-16-5-8-18(9-6-16)25-22-13-19(26)12-20(21(22)14-24-25)17-7-10-23(27-3)15(2)11-17;1-3-14-6-4-5-7-18(14)24-21-17(12-22-24)16(11-20(26)23-21)15-8-9-19(25)13(2)10-15;1-27-16-6-11(7-17(28-2)19(16)26)14-9-18(25)23-20-15(14)10-22-24(20)13-5-3-4-12(21)8-13;/h5-11,14,20H,4,12-13H2,1-3H3;4-10,12,16,25H,3,11H2,1-2H3,(H,23,26);3-8,10,14,26H,9H2,1-2H3,(H,23,25);1H4. The molecule has 6 aromatic carbocycles. The Labute approximate surface area is 476 Å². The van der Waals surface area contributed by atoms with Gasteiger partial charge in [-0.3, -0.25) is 14.4 Å². The summed E-state index contributed by atoms with van der Waals surface area (Å²) in [6, 6.07) is 37.5. The van der Waals surface area contributed by atoms with Crippen molar-refractivity contribution in [3.8, 4) is 45.8 Å². The van der Waals surface area contributed by atoms with Gasteiger partial charge in [-0.15, -0.1) is 0 Å². The molecule has 0 fully saturated rings. The number of ketones is 1. The molecule has 0 bridgehead atoms. The summed E-state index contributed by atoms with van der Waals surface area (Å²) >= 11 is 0. The van der Waals surface area contributed by atoms with Crippen LogP contribution >= 0.6 is 0 Å². The van der Waals surface area contributed by atoms with E-state index >= 15 is 0 Å². The third-order valence-corrected chi connectivity index (χ3v) is 15.3. The van der Waals surface area contributed by atoms with E-state index in [2.05, 4.69) is 82.2 Å². The van der Waals surface area contributed by atoms with Crippen LogP contribution in [0.4, 0.5) is 16.0 Å². The van der Waals surface area contributed by atoms with Crippen molar-refractivity contribution in [3.05, 3.63) is 207 Å². The number of phenolic OH excluding ortho intramolecular Hbond substituents is 2. The zero-order valence-electron chi connectivity index (χ0n) is 46.2. The fraction of sp³-hybridized carbons (Fsp3) is 0.262. The van der Waals surface area contributed by atoms with Crippen LogP contribution in [0.2, 0.25) is 0 Å². The van der Waals surface area contributed by atoms with Gasteiger partial charge in [-0.2, -0.15) is 15.3 Å². The van der Waals surface area contributed by atoms with Crippen molar-refractivity contribution in [2.24, 2.45) is 0 Å². The number of Topliss-reactive ketones (excluding diaryl/α,β-unsaturated/α-hetero) is 1. The van der Waals surface area contributed by atoms with Crippen molar-refractivity contribution in [1.82, 2.24) is 29.3 Å². The summed E-state index contributed by atoms with van der Waals surface area (Å²) in [7, 11) is 4.57. The molecule has 82 heavy (non-hydrogen) atoms. The van der Waals surface area contributed by atoms with Crippen molar-refractivity contribution in [3.63, 3.8) is 0 Å². The first kappa shape index (κ1) is 57.2. The molecule has 3 aliphatic rings. The second-order valence-corrected chi connectivity index (χ2v) is 20.3. The van der Waals surface area contributed by atoms with Gasteiger partial charge in [0.25, 0.3) is 0 Å². The van der Waals surface area contributed by atoms with Crippen molar-refractivity contribution in [2.75, 3.05) is 32.0 Å². The Morgan fingerprint density at radius 1 is 0.573 bits per heavy atom. The van der Waals surface area contributed by atoms with Gasteiger partial charge in [0.05, 0.1) is 62.7 Å². The highest BCUT2D eigenvalue weighted by atomic mass is 19.1. The van der Waals surface area contributed by atoms with Gasteiger partial charge in [-0.05, 0) is 126 Å². The average molecular weight is 1110 g/mol. The van der Waals surface area contributed by atoms with Gasteiger partial charge in [0, 0.05) is 60.1 Å². The monoisotopic (exact) mass is 1110 g/mol. The summed E-state index contributed by atoms with van der Waals surface area (Å²) in [4.78, 5) is 37.3. The van der Waals surface area contributed by atoms with E-state index in [1.54, 1.807) is 43.6 Å². The average Bonchev–Trinajstić information content (AvgIpc) is 4.35. The number of methoxy groups -OCH3 is 3. The van der Waals surface area contributed by atoms with E-state index in [1.807, 2.05) is 72.0 Å². The maximum absolute atomic E-state index is 13.6. The Morgan fingerprint density at radius 2 is 1.15 bits per heavy atom. The molecule has 16 nitrogen and oxygen atoms in total. The zero-order chi connectivity index (χ0) is 57.1. The number of carbonyl (C=O) groups excluding carboxylic acids is 3. The lowest BCUT2D eigenvalue weighted by Crippen LogP contribution is -2.24. The summed E-state index contributed by atoms with van der Waals surface area (Å²) in [5.41, 5.74) is 13.7. The number of hydrogen-bond donors (Lipinski definition) is 4. The number of para-hydroxylation sites is 1. The Kier molecular flexibility index (Phi) is 17.1. The molecule has 3 aromatic heterocycles. The van der Waals surface area contributed by atoms with E-state index in [9.17, 15) is 29.0 Å². The van der Waals surface area contributed by atoms with Crippen LogP contribution in [-0.4, -0.2) is 78.5 Å². The lowest BCUT2D eigenvalue weighted by Gasteiger charge is -2.24. The minimum Gasteiger partial charge on any atom is -0.508 e. The molecule has 2 amide bonds. The van der Waals surface area contributed by atoms with Crippen LogP contribution in [-0.2, 0) is 33.6 Å². The number of hydrogen-bond acceptors (Lipinski definition) is 11. The molecule has 9 aromatic rings. The fourth-order valence-corrected chi connectivity index (χ4v) is 11.0. The van der Waals surface area contributed by atoms with E-state index in [0.717, 1.165) is 86.0 Å². The number of phenols is 2. The van der Waals surface area contributed by atoms with Gasteiger partial charge in [-0.25, -0.2) is 18.4 Å². The van der Waals surface area contributed by atoms with Gasteiger partial charge < -0.3 is 35.1 Å². The third-order valence-electron chi connectivity index (χ3n) is 15.3. The van der Waals surface area contributed by atoms with E-state index in [-0.39, 0.29) is 72.2 Å². The molecule has 17 heteroatoms. The summed E-state index contributed by atoms with van der Waals surface area (Å²) in [6.45, 7) is 8.15. The maximum Gasteiger partial charge on any atom is 0.226 e. The quantitative estimate of drug-likeness (QED) is 0.0962. The van der Waals surface area contributed by atoms with Crippen LogP contribution in [0.15, 0.2) is 140 Å². The topological polar surface area (TPSA) is 197 Å². The maximum atomic E-state index is 13.6. The molecule has 422 valence electrons. The summed E-state index contributed by atoms with van der Waals surface area (Å²) in [5, 5.41) is 39.3. The van der Waals surface area contributed by atoms with Crippen LogP contribution in [0.25, 0.3) is 17.1 Å². The predicted molar refractivity (Wildman–Crippen MR) is 313 cm³/mol. The second-order valence-electron chi connectivity index (χ2n) is 20.3. The Morgan fingerprint density at radius 3 is 1.76 bits per heavy atom. The van der Waals surface area contributed by atoms with Gasteiger partial charge in [0.1, 0.15) is 34.7 Å². The molecule has 4 N–H and O–H groups in total. The number of aryl methyl sites for hydroxylation is 4. The Bertz CT molecular complexity index is 3800. The molecule has 5 heterocycles. The highest BCUT2D eigenvalue weighted by Gasteiger charge is 2.34. The number of amides is 2. The highest BCUT2D eigenvalue weighted by molar-refractivity contribution is 5.95. The molecule has 3 atom stereocenters. The first-order valence-corrected chi connectivity index (χ1v) is 26.9. The number of carbonyl (C=O) groups is 3. The van der Waals surface area contributed by atoms with Crippen molar-refractivity contribution in [1.29, 1.82) is 0 Å². The lowest BCUT2D eigenvalue weighted by atomic mass is 9.81. The summed E-state index contributed by atoms with van der Waals surface area (Å²) in [6.07, 6.45) is 8.85. The summed E-state index contributed by atoms with van der Waals surface area (Å²) < 4.78 is 34.7. The summed E-state index contributed by atoms with van der Waals surface area (Å²) in [5.74, 6) is 2.05. The number of rotatable bonds is 11. The number of anilines is 2. The Hall–Kier alpha value is -9.51. The van der Waals surface area contributed by atoms with Crippen LogP contribution in [0.3, 0.4) is 0 Å². The van der Waals surface area contributed by atoms with Crippen molar-refractivity contribution >= 4 is 29.2 Å². The first-order valence-electron chi connectivity index (χ1n) is 26.9. The van der Waals surface area contributed by atoms with Crippen LogP contribution in [0, 0.1) is 19.7 Å². The van der Waals surface area contributed by atoms with E-state index in [0.29, 0.717) is 30.8 Å². The third kappa shape index (κ3) is 11.4. The largest absolute Gasteiger partial charge is 0.508 e. The van der Waals surface area contributed by atoms with E-state index in [1.165, 1.54) is 42.2 Å². The second kappa shape index (κ2) is 24.5. The SMILES string of the molecule is C.CCc1ccc(-n2ncc3c2CC(=O)CC3c2ccc(OC)c(C)c2)cc1.CCc1ccccc1-n1ncc2c1NC(=O)CC2c1ccc(O)c(C)c1.COc1cc(C2CC(=O)Nc3c2cnn3-c2cccc(F)c2)cc(OC)c1O.